The second-order valence-electron chi connectivity index (χ2n) is 6.93. The van der Waals surface area contributed by atoms with Crippen LogP contribution in [0.4, 0.5) is 11.4 Å². The maximum absolute atomic E-state index is 13.4. The standard InChI is InChI=1S/C24H18N2O5S/c1-31-20-9-5-8-19(14-20)25-23(27)21(17-10-12-18(13-11-17)26(29)30)22(24(25)28)32-15-16-6-3-2-4-7-16/h2-14H,15H2,1H3. The molecule has 0 spiro atoms. The highest BCUT2D eigenvalue weighted by molar-refractivity contribution is 8.03. The van der Waals surface area contributed by atoms with Gasteiger partial charge in [0.25, 0.3) is 17.5 Å². The number of non-ortho nitro benzene ring substituents is 1. The molecule has 1 aliphatic heterocycles. The van der Waals surface area contributed by atoms with Gasteiger partial charge in [-0.3, -0.25) is 19.7 Å². The summed E-state index contributed by atoms with van der Waals surface area (Å²) in [7, 11) is 1.51. The average molecular weight is 446 g/mol. The number of nitro benzene ring substituents is 1. The number of benzene rings is 3. The third kappa shape index (κ3) is 4.13. The molecule has 4 rings (SSSR count). The first kappa shape index (κ1) is 21.3. The maximum Gasteiger partial charge on any atom is 0.272 e. The number of carbonyl (C=O) groups excluding carboxylic acids is 2. The summed E-state index contributed by atoms with van der Waals surface area (Å²) in [6.07, 6.45) is 0. The van der Waals surface area contributed by atoms with Crippen molar-refractivity contribution in [3.63, 3.8) is 0 Å². The number of rotatable bonds is 7. The van der Waals surface area contributed by atoms with Gasteiger partial charge in [-0.05, 0) is 35.4 Å². The van der Waals surface area contributed by atoms with E-state index < -0.39 is 16.7 Å². The van der Waals surface area contributed by atoms with E-state index in [-0.39, 0.29) is 11.3 Å². The molecule has 2 amide bonds. The Bertz CT molecular complexity index is 1220. The van der Waals surface area contributed by atoms with E-state index in [2.05, 4.69) is 0 Å². The number of hydrogen-bond acceptors (Lipinski definition) is 6. The topological polar surface area (TPSA) is 89.8 Å². The molecular formula is C24H18N2O5S. The third-order valence-corrected chi connectivity index (χ3v) is 6.09. The van der Waals surface area contributed by atoms with Crippen molar-refractivity contribution in [2.24, 2.45) is 0 Å². The molecule has 0 aliphatic carbocycles. The summed E-state index contributed by atoms with van der Waals surface area (Å²) in [6.45, 7) is 0. The van der Waals surface area contributed by atoms with Crippen LogP contribution < -0.4 is 9.64 Å². The lowest BCUT2D eigenvalue weighted by molar-refractivity contribution is -0.384. The number of nitrogens with zero attached hydrogens (tertiary/aromatic N) is 2. The smallest absolute Gasteiger partial charge is 0.272 e. The Balaban J connectivity index is 1.75. The van der Waals surface area contributed by atoms with E-state index in [9.17, 15) is 19.7 Å². The molecule has 0 fully saturated rings. The minimum atomic E-state index is -0.507. The number of hydrogen-bond donors (Lipinski definition) is 0. The fourth-order valence-corrected chi connectivity index (χ4v) is 4.43. The summed E-state index contributed by atoms with van der Waals surface area (Å²) in [5.41, 5.74) is 2.00. The van der Waals surface area contributed by atoms with Crippen LogP contribution in [0.2, 0.25) is 0 Å². The van der Waals surface area contributed by atoms with Crippen molar-refractivity contribution in [1.82, 2.24) is 0 Å². The third-order valence-electron chi connectivity index (χ3n) is 4.95. The Morgan fingerprint density at radius 2 is 1.66 bits per heavy atom. The van der Waals surface area contributed by atoms with Crippen molar-refractivity contribution < 1.29 is 19.2 Å². The van der Waals surface area contributed by atoms with Gasteiger partial charge < -0.3 is 4.74 Å². The van der Waals surface area contributed by atoms with Gasteiger partial charge >= 0.3 is 0 Å². The molecule has 0 N–H and O–H groups in total. The van der Waals surface area contributed by atoms with E-state index in [1.54, 1.807) is 24.3 Å². The lowest BCUT2D eigenvalue weighted by atomic mass is 10.1. The van der Waals surface area contributed by atoms with Gasteiger partial charge in [0, 0.05) is 24.0 Å². The summed E-state index contributed by atoms with van der Waals surface area (Å²) in [6, 6.07) is 22.0. The summed E-state index contributed by atoms with van der Waals surface area (Å²) < 4.78 is 5.23. The molecular weight excluding hydrogens is 428 g/mol. The second kappa shape index (κ2) is 9.07. The molecule has 160 valence electrons. The van der Waals surface area contributed by atoms with Crippen LogP contribution in [-0.2, 0) is 15.3 Å². The van der Waals surface area contributed by atoms with E-state index in [1.807, 2.05) is 30.3 Å². The lowest BCUT2D eigenvalue weighted by Crippen LogP contribution is -2.31. The highest BCUT2D eigenvalue weighted by atomic mass is 32.2. The Hall–Kier alpha value is -3.91. The van der Waals surface area contributed by atoms with Gasteiger partial charge in [-0.15, -0.1) is 11.8 Å². The quantitative estimate of drug-likeness (QED) is 0.294. The fourth-order valence-electron chi connectivity index (χ4n) is 3.36. The number of amides is 2. The molecule has 0 saturated heterocycles. The molecule has 0 unspecified atom stereocenters. The number of methoxy groups -OCH3 is 1. The van der Waals surface area contributed by atoms with E-state index in [0.29, 0.717) is 27.7 Å². The molecule has 3 aromatic rings. The summed E-state index contributed by atoms with van der Waals surface area (Å²) in [4.78, 5) is 38.7. The van der Waals surface area contributed by atoms with Gasteiger partial charge in [-0.1, -0.05) is 36.4 Å². The van der Waals surface area contributed by atoms with Crippen LogP contribution in [0.25, 0.3) is 5.57 Å². The second-order valence-corrected chi connectivity index (χ2v) is 7.92. The average Bonchev–Trinajstić information content (AvgIpc) is 3.07. The molecule has 0 aromatic heterocycles. The monoisotopic (exact) mass is 446 g/mol. The predicted molar refractivity (Wildman–Crippen MR) is 123 cm³/mol. The van der Waals surface area contributed by atoms with Gasteiger partial charge in [-0.25, -0.2) is 4.90 Å². The predicted octanol–water partition coefficient (Wildman–Crippen LogP) is 4.82. The molecule has 7 nitrogen and oxygen atoms in total. The number of imide groups is 1. The number of anilines is 1. The first-order valence-corrected chi connectivity index (χ1v) is 10.7. The maximum atomic E-state index is 13.4. The minimum absolute atomic E-state index is 0.0886. The van der Waals surface area contributed by atoms with E-state index in [0.717, 1.165) is 10.5 Å². The van der Waals surface area contributed by atoms with Crippen LogP contribution in [-0.4, -0.2) is 23.8 Å². The van der Waals surface area contributed by atoms with E-state index in [1.165, 1.54) is 43.1 Å². The number of thioether (sulfide) groups is 1. The summed E-state index contributed by atoms with van der Waals surface area (Å²) in [5, 5.41) is 11.0. The zero-order valence-electron chi connectivity index (χ0n) is 17.1. The van der Waals surface area contributed by atoms with Crippen LogP contribution in [0.1, 0.15) is 11.1 Å². The highest BCUT2D eigenvalue weighted by Gasteiger charge is 2.40. The van der Waals surface area contributed by atoms with Crippen molar-refractivity contribution in [3.05, 3.63) is 105 Å². The SMILES string of the molecule is COc1cccc(N2C(=O)C(SCc3ccccc3)=C(c3ccc([N+](=O)[O-])cc3)C2=O)c1. The van der Waals surface area contributed by atoms with Crippen molar-refractivity contribution in [2.75, 3.05) is 12.0 Å². The Morgan fingerprint density at radius 1 is 0.938 bits per heavy atom. The molecule has 32 heavy (non-hydrogen) atoms. The first-order chi connectivity index (χ1) is 15.5. The molecule has 0 radical (unpaired) electrons. The zero-order valence-corrected chi connectivity index (χ0v) is 17.9. The zero-order chi connectivity index (χ0) is 22.7. The number of ether oxygens (including phenoxy) is 1. The summed E-state index contributed by atoms with van der Waals surface area (Å²) >= 11 is 1.27. The molecule has 1 heterocycles. The molecule has 8 heteroatoms. The molecule has 0 atom stereocenters. The van der Waals surface area contributed by atoms with Crippen LogP contribution in [0.5, 0.6) is 5.75 Å². The highest BCUT2D eigenvalue weighted by Crippen LogP contribution is 2.40. The van der Waals surface area contributed by atoms with Crippen molar-refractivity contribution in [2.45, 2.75) is 5.75 Å². The van der Waals surface area contributed by atoms with Gasteiger partial charge in [-0.2, -0.15) is 0 Å². The van der Waals surface area contributed by atoms with Crippen LogP contribution in [0, 0.1) is 10.1 Å². The van der Waals surface area contributed by atoms with Crippen LogP contribution in [0.3, 0.4) is 0 Å². The Morgan fingerprint density at radius 3 is 2.31 bits per heavy atom. The minimum Gasteiger partial charge on any atom is -0.497 e. The van der Waals surface area contributed by atoms with E-state index in [4.69, 9.17) is 4.74 Å². The van der Waals surface area contributed by atoms with Gasteiger partial charge in [0.15, 0.2) is 0 Å². The van der Waals surface area contributed by atoms with Crippen molar-refractivity contribution in [3.8, 4) is 5.75 Å². The van der Waals surface area contributed by atoms with Gasteiger partial charge in [0.1, 0.15) is 5.75 Å². The fraction of sp³-hybridized carbons (Fsp3) is 0.0833. The number of carbonyl (C=O) groups is 2. The molecule has 3 aromatic carbocycles. The Labute approximate surface area is 188 Å². The molecule has 1 aliphatic rings. The first-order valence-electron chi connectivity index (χ1n) is 9.68. The Kier molecular flexibility index (Phi) is 6.04. The largest absolute Gasteiger partial charge is 0.497 e. The normalized spacial score (nSPS) is 13.6. The van der Waals surface area contributed by atoms with Crippen LogP contribution >= 0.6 is 11.8 Å². The van der Waals surface area contributed by atoms with Crippen molar-refractivity contribution in [1.29, 1.82) is 0 Å². The molecule has 0 saturated carbocycles. The molecule has 0 bridgehead atoms. The van der Waals surface area contributed by atoms with Crippen LogP contribution in [0.15, 0.2) is 83.8 Å². The summed E-state index contributed by atoms with van der Waals surface area (Å²) in [5.74, 6) is 0.105. The van der Waals surface area contributed by atoms with Crippen molar-refractivity contribution >= 4 is 40.5 Å². The lowest BCUT2D eigenvalue weighted by Gasteiger charge is -2.16. The number of nitro groups is 1. The van der Waals surface area contributed by atoms with Gasteiger partial charge in [0.2, 0.25) is 0 Å². The van der Waals surface area contributed by atoms with Gasteiger partial charge in [0.05, 0.1) is 28.2 Å². The van der Waals surface area contributed by atoms with E-state index >= 15 is 0 Å².